The van der Waals surface area contributed by atoms with Gasteiger partial charge in [-0.15, -0.1) is 0 Å². The number of anilines is 1. The third-order valence-corrected chi connectivity index (χ3v) is 4.03. The summed E-state index contributed by atoms with van der Waals surface area (Å²) >= 11 is 0. The van der Waals surface area contributed by atoms with Gasteiger partial charge in [0.05, 0.1) is 6.61 Å². The van der Waals surface area contributed by atoms with E-state index in [2.05, 4.69) is 12.2 Å². The Morgan fingerprint density at radius 2 is 1.76 bits per heavy atom. The smallest absolute Gasteiger partial charge is 0.256 e. The molecule has 1 N–H and O–H groups in total. The average Bonchev–Trinajstić information content (AvgIpc) is 2.62. The molecule has 0 heterocycles. The number of rotatable bonds is 13. The number of carbonyl (C=O) groups is 1. The quantitative estimate of drug-likeness (QED) is 0.535. The van der Waals surface area contributed by atoms with Gasteiger partial charge in [0.1, 0.15) is 18.0 Å². The summed E-state index contributed by atoms with van der Waals surface area (Å²) in [4.78, 5) is 12.7. The molecule has 5 nitrogen and oxygen atoms in total. The molecular weight excluding hydrogens is 318 g/mol. The summed E-state index contributed by atoms with van der Waals surface area (Å²) in [6.07, 6.45) is 4.83. The Labute approximate surface area is 152 Å². The van der Waals surface area contributed by atoms with Crippen molar-refractivity contribution in [2.24, 2.45) is 0 Å². The van der Waals surface area contributed by atoms with Gasteiger partial charge in [-0.3, -0.25) is 4.79 Å². The van der Waals surface area contributed by atoms with Crippen LogP contribution in [0.25, 0.3) is 0 Å². The topological polar surface area (TPSA) is 56.8 Å². The lowest BCUT2D eigenvalue weighted by Crippen LogP contribution is -2.43. The fraction of sp³-hybridized carbons (Fsp3) is 0.650. The van der Waals surface area contributed by atoms with Crippen LogP contribution in [0.4, 0.5) is 5.69 Å². The van der Waals surface area contributed by atoms with Crippen molar-refractivity contribution in [1.82, 2.24) is 0 Å². The molecule has 1 unspecified atom stereocenters. The zero-order valence-corrected chi connectivity index (χ0v) is 16.1. The fourth-order valence-electron chi connectivity index (χ4n) is 2.43. The number of carbonyl (C=O) groups excluding carboxylic acids is 1. The molecule has 0 aliphatic carbocycles. The van der Waals surface area contributed by atoms with Crippen molar-refractivity contribution in [3.63, 3.8) is 0 Å². The monoisotopic (exact) mass is 351 g/mol. The van der Waals surface area contributed by atoms with Crippen LogP contribution in [-0.4, -0.2) is 38.4 Å². The SMILES string of the molecule is CCCCCC(C)(OCCC)C(=O)Nc1ccc(OCCOC)cc1. The largest absolute Gasteiger partial charge is 0.491 e. The molecule has 1 aromatic rings. The second kappa shape index (κ2) is 11.9. The van der Waals surface area contributed by atoms with Crippen LogP contribution in [0.5, 0.6) is 5.75 Å². The number of unbranched alkanes of at least 4 members (excludes halogenated alkanes) is 2. The van der Waals surface area contributed by atoms with E-state index in [0.29, 0.717) is 19.8 Å². The van der Waals surface area contributed by atoms with E-state index in [0.717, 1.165) is 43.5 Å². The summed E-state index contributed by atoms with van der Waals surface area (Å²) in [5.41, 5.74) is -0.0513. The molecule has 25 heavy (non-hydrogen) atoms. The predicted molar refractivity (Wildman–Crippen MR) is 101 cm³/mol. The molecular formula is C20H33NO4. The molecule has 1 aromatic carbocycles. The first kappa shape index (κ1) is 21.5. The van der Waals surface area contributed by atoms with Crippen LogP contribution < -0.4 is 10.1 Å². The van der Waals surface area contributed by atoms with Gasteiger partial charge in [0.2, 0.25) is 0 Å². The van der Waals surface area contributed by atoms with Crippen LogP contribution in [0.3, 0.4) is 0 Å². The first-order valence-corrected chi connectivity index (χ1v) is 9.23. The van der Waals surface area contributed by atoms with Crippen LogP contribution in [0.15, 0.2) is 24.3 Å². The lowest BCUT2D eigenvalue weighted by atomic mass is 9.96. The highest BCUT2D eigenvalue weighted by Gasteiger charge is 2.33. The molecule has 1 amide bonds. The molecule has 0 aliphatic rings. The number of nitrogens with one attached hydrogen (secondary N) is 1. The lowest BCUT2D eigenvalue weighted by Gasteiger charge is -2.28. The van der Waals surface area contributed by atoms with Gasteiger partial charge in [0, 0.05) is 19.4 Å². The Bertz CT molecular complexity index is 489. The predicted octanol–water partition coefficient (Wildman–Crippen LogP) is 4.42. The van der Waals surface area contributed by atoms with Crippen molar-refractivity contribution in [2.75, 3.05) is 32.2 Å². The minimum absolute atomic E-state index is 0.0925. The third-order valence-electron chi connectivity index (χ3n) is 4.03. The molecule has 0 aromatic heterocycles. The summed E-state index contributed by atoms with van der Waals surface area (Å²) in [6.45, 7) is 7.72. The van der Waals surface area contributed by atoms with Crippen LogP contribution in [0.1, 0.15) is 52.9 Å². The molecule has 1 rings (SSSR count). The summed E-state index contributed by atoms with van der Waals surface area (Å²) in [7, 11) is 1.64. The molecule has 5 heteroatoms. The maximum atomic E-state index is 12.7. The lowest BCUT2D eigenvalue weighted by molar-refractivity contribution is -0.140. The highest BCUT2D eigenvalue weighted by Crippen LogP contribution is 2.23. The molecule has 0 bridgehead atoms. The first-order chi connectivity index (χ1) is 12.1. The molecule has 0 saturated heterocycles. The minimum Gasteiger partial charge on any atom is -0.491 e. The van der Waals surface area contributed by atoms with Gasteiger partial charge in [-0.25, -0.2) is 0 Å². The van der Waals surface area contributed by atoms with E-state index in [9.17, 15) is 4.79 Å². The van der Waals surface area contributed by atoms with Crippen LogP contribution in [0, 0.1) is 0 Å². The summed E-state index contributed by atoms with van der Waals surface area (Å²) in [5.74, 6) is 0.660. The number of methoxy groups -OCH3 is 1. The Kier molecular flexibility index (Phi) is 10.2. The number of hydrogen-bond acceptors (Lipinski definition) is 4. The second-order valence-corrected chi connectivity index (χ2v) is 6.36. The zero-order valence-electron chi connectivity index (χ0n) is 16.1. The molecule has 0 fully saturated rings. The van der Waals surface area contributed by atoms with Gasteiger partial charge < -0.3 is 19.5 Å². The highest BCUT2D eigenvalue weighted by molar-refractivity contribution is 5.97. The summed E-state index contributed by atoms with van der Waals surface area (Å²) in [5, 5.41) is 2.97. The second-order valence-electron chi connectivity index (χ2n) is 6.36. The van der Waals surface area contributed by atoms with E-state index in [-0.39, 0.29) is 5.91 Å². The molecule has 1 atom stereocenters. The Morgan fingerprint density at radius 3 is 2.36 bits per heavy atom. The first-order valence-electron chi connectivity index (χ1n) is 9.23. The Hall–Kier alpha value is -1.59. The van der Waals surface area contributed by atoms with Gasteiger partial charge in [-0.1, -0.05) is 33.1 Å². The Balaban J connectivity index is 2.64. The van der Waals surface area contributed by atoms with Gasteiger partial charge in [-0.05, 0) is 44.0 Å². The maximum Gasteiger partial charge on any atom is 0.256 e. The molecule has 142 valence electrons. The number of hydrogen-bond donors (Lipinski definition) is 1. The zero-order chi connectivity index (χ0) is 18.5. The normalized spacial score (nSPS) is 13.3. The summed E-state index contributed by atoms with van der Waals surface area (Å²) in [6, 6.07) is 7.36. The fourth-order valence-corrected chi connectivity index (χ4v) is 2.43. The van der Waals surface area contributed by atoms with Gasteiger partial charge >= 0.3 is 0 Å². The van der Waals surface area contributed by atoms with Crippen molar-refractivity contribution >= 4 is 11.6 Å². The third kappa shape index (κ3) is 7.88. The van der Waals surface area contributed by atoms with E-state index < -0.39 is 5.60 Å². The van der Waals surface area contributed by atoms with Crippen LogP contribution in [-0.2, 0) is 14.3 Å². The van der Waals surface area contributed by atoms with Crippen molar-refractivity contribution in [1.29, 1.82) is 0 Å². The average molecular weight is 351 g/mol. The van der Waals surface area contributed by atoms with E-state index >= 15 is 0 Å². The van der Waals surface area contributed by atoms with E-state index in [4.69, 9.17) is 14.2 Å². The summed E-state index contributed by atoms with van der Waals surface area (Å²) < 4.78 is 16.4. The van der Waals surface area contributed by atoms with Crippen LogP contribution >= 0.6 is 0 Å². The van der Waals surface area contributed by atoms with E-state index in [1.807, 2.05) is 38.1 Å². The minimum atomic E-state index is -0.793. The van der Waals surface area contributed by atoms with Crippen molar-refractivity contribution < 1.29 is 19.0 Å². The highest BCUT2D eigenvalue weighted by atomic mass is 16.5. The van der Waals surface area contributed by atoms with Crippen molar-refractivity contribution in [3.8, 4) is 5.75 Å². The molecule has 0 spiro atoms. The molecule has 0 aliphatic heterocycles. The standard InChI is InChI=1S/C20H33NO4/c1-5-7-8-13-20(3,25-14-6-2)19(22)21-17-9-11-18(12-10-17)24-16-15-23-4/h9-12H,5-8,13-16H2,1-4H3,(H,21,22). The van der Waals surface area contributed by atoms with Gasteiger partial charge in [0.25, 0.3) is 5.91 Å². The number of amides is 1. The van der Waals surface area contributed by atoms with Gasteiger partial charge in [0.15, 0.2) is 0 Å². The number of ether oxygens (including phenoxy) is 3. The molecule has 0 saturated carbocycles. The van der Waals surface area contributed by atoms with E-state index in [1.54, 1.807) is 7.11 Å². The van der Waals surface area contributed by atoms with Crippen molar-refractivity contribution in [2.45, 2.75) is 58.5 Å². The number of benzene rings is 1. The molecule has 0 radical (unpaired) electrons. The maximum absolute atomic E-state index is 12.7. The van der Waals surface area contributed by atoms with Gasteiger partial charge in [-0.2, -0.15) is 0 Å². The Morgan fingerprint density at radius 1 is 1.04 bits per heavy atom. The van der Waals surface area contributed by atoms with E-state index in [1.165, 1.54) is 0 Å². The van der Waals surface area contributed by atoms with Crippen LogP contribution in [0.2, 0.25) is 0 Å². The van der Waals surface area contributed by atoms with Crippen molar-refractivity contribution in [3.05, 3.63) is 24.3 Å².